The summed E-state index contributed by atoms with van der Waals surface area (Å²) in [6.07, 6.45) is 2.01. The van der Waals surface area contributed by atoms with Crippen molar-refractivity contribution in [1.82, 2.24) is 0 Å². The molecular formula is C14H23NOS. The van der Waals surface area contributed by atoms with Gasteiger partial charge in [-0.05, 0) is 25.8 Å². The Morgan fingerprint density at radius 3 is 2.35 bits per heavy atom. The van der Waals surface area contributed by atoms with E-state index in [1.165, 1.54) is 11.1 Å². The molecular weight excluding hydrogens is 230 g/mol. The van der Waals surface area contributed by atoms with Crippen molar-refractivity contribution in [2.45, 2.75) is 45.4 Å². The zero-order valence-electron chi connectivity index (χ0n) is 11.0. The van der Waals surface area contributed by atoms with Gasteiger partial charge in [0.05, 0.1) is 0 Å². The first-order valence-electron chi connectivity index (χ1n) is 6.19. The fourth-order valence-electron chi connectivity index (χ4n) is 2.09. The Bertz CT molecular complexity index is 370. The largest absolute Gasteiger partial charge is 0.327 e. The highest BCUT2D eigenvalue weighted by Crippen LogP contribution is 2.11. The molecule has 0 saturated carbocycles. The molecule has 1 rings (SSSR count). The van der Waals surface area contributed by atoms with Crippen LogP contribution in [0.15, 0.2) is 18.2 Å². The zero-order valence-corrected chi connectivity index (χ0v) is 11.8. The van der Waals surface area contributed by atoms with E-state index in [4.69, 9.17) is 5.73 Å². The summed E-state index contributed by atoms with van der Waals surface area (Å²) < 4.78 is 12.0. The van der Waals surface area contributed by atoms with Gasteiger partial charge in [0.2, 0.25) is 0 Å². The number of hydrogen-bond donors (Lipinski definition) is 1. The van der Waals surface area contributed by atoms with Crippen molar-refractivity contribution in [3.8, 4) is 0 Å². The highest BCUT2D eigenvalue weighted by atomic mass is 32.2. The third kappa shape index (κ3) is 5.46. The zero-order chi connectivity index (χ0) is 12.8. The molecule has 96 valence electrons. The van der Waals surface area contributed by atoms with Crippen LogP contribution in [0.4, 0.5) is 0 Å². The smallest absolute Gasteiger partial charge is 0.0486 e. The van der Waals surface area contributed by atoms with Crippen LogP contribution in [0.5, 0.6) is 0 Å². The molecule has 0 heterocycles. The van der Waals surface area contributed by atoms with Gasteiger partial charge in [0, 0.05) is 28.3 Å². The Morgan fingerprint density at radius 2 is 1.82 bits per heavy atom. The van der Waals surface area contributed by atoms with Crippen LogP contribution < -0.4 is 5.73 Å². The van der Waals surface area contributed by atoms with E-state index in [0.29, 0.717) is 11.5 Å². The number of rotatable bonds is 6. The molecule has 0 saturated heterocycles. The van der Waals surface area contributed by atoms with Crippen molar-refractivity contribution in [3.63, 3.8) is 0 Å². The minimum Gasteiger partial charge on any atom is -0.327 e. The average Bonchev–Trinajstić information content (AvgIpc) is 2.14. The summed E-state index contributed by atoms with van der Waals surface area (Å²) in [5.74, 6) is 1.24. The molecule has 17 heavy (non-hydrogen) atoms. The van der Waals surface area contributed by atoms with E-state index < -0.39 is 10.8 Å². The van der Waals surface area contributed by atoms with E-state index in [1.807, 2.05) is 0 Å². The Labute approximate surface area is 107 Å². The summed E-state index contributed by atoms with van der Waals surface area (Å²) in [7, 11) is -0.844. The van der Waals surface area contributed by atoms with Crippen LogP contribution in [-0.4, -0.2) is 16.0 Å². The van der Waals surface area contributed by atoms with Crippen molar-refractivity contribution in [2.75, 3.05) is 5.75 Å². The standard InChI is InChI=1S/C14H23NOS/c1-4-5-14(15)10-17(16)9-13-7-11(2)6-12(3)8-13/h6-8,14H,4-5,9-10,15H2,1-3H3. The van der Waals surface area contributed by atoms with Crippen molar-refractivity contribution < 1.29 is 4.21 Å². The Hall–Kier alpha value is -0.670. The molecule has 2 nitrogen and oxygen atoms in total. The number of hydrogen-bond acceptors (Lipinski definition) is 2. The van der Waals surface area contributed by atoms with Crippen LogP contribution in [0.25, 0.3) is 0 Å². The summed E-state index contributed by atoms with van der Waals surface area (Å²) in [4.78, 5) is 0. The predicted molar refractivity (Wildman–Crippen MR) is 75.5 cm³/mol. The number of benzene rings is 1. The van der Waals surface area contributed by atoms with Gasteiger partial charge in [-0.2, -0.15) is 0 Å². The van der Waals surface area contributed by atoms with Crippen LogP contribution in [0.3, 0.4) is 0 Å². The predicted octanol–water partition coefficient (Wildman–Crippen LogP) is 2.68. The van der Waals surface area contributed by atoms with Gasteiger partial charge in [0.25, 0.3) is 0 Å². The summed E-state index contributed by atoms with van der Waals surface area (Å²) in [6, 6.07) is 6.42. The Kier molecular flexibility index (Phi) is 5.86. The molecule has 2 atom stereocenters. The highest BCUT2D eigenvalue weighted by Gasteiger charge is 2.08. The van der Waals surface area contributed by atoms with Gasteiger partial charge < -0.3 is 5.73 Å². The molecule has 0 aromatic heterocycles. The van der Waals surface area contributed by atoms with Gasteiger partial charge in [-0.3, -0.25) is 4.21 Å². The second-order valence-electron chi connectivity index (χ2n) is 4.80. The molecule has 1 aromatic rings. The minimum atomic E-state index is -0.844. The van der Waals surface area contributed by atoms with Gasteiger partial charge in [-0.1, -0.05) is 42.7 Å². The molecule has 2 unspecified atom stereocenters. The monoisotopic (exact) mass is 253 g/mol. The van der Waals surface area contributed by atoms with Gasteiger partial charge in [-0.15, -0.1) is 0 Å². The Morgan fingerprint density at radius 1 is 1.24 bits per heavy atom. The van der Waals surface area contributed by atoms with Crippen LogP contribution in [-0.2, 0) is 16.6 Å². The van der Waals surface area contributed by atoms with Crippen molar-refractivity contribution in [2.24, 2.45) is 5.73 Å². The maximum Gasteiger partial charge on any atom is 0.0486 e. The molecule has 0 radical (unpaired) electrons. The van der Waals surface area contributed by atoms with Crippen LogP contribution in [0.1, 0.15) is 36.5 Å². The highest BCUT2D eigenvalue weighted by molar-refractivity contribution is 7.84. The lowest BCUT2D eigenvalue weighted by molar-refractivity contribution is 0.637. The van der Waals surface area contributed by atoms with E-state index in [1.54, 1.807) is 0 Å². The lowest BCUT2D eigenvalue weighted by Crippen LogP contribution is -2.27. The van der Waals surface area contributed by atoms with Crippen LogP contribution in [0, 0.1) is 13.8 Å². The molecule has 2 N–H and O–H groups in total. The number of nitrogens with two attached hydrogens (primary N) is 1. The molecule has 0 bridgehead atoms. The first kappa shape index (κ1) is 14.4. The lowest BCUT2D eigenvalue weighted by Gasteiger charge is -2.10. The molecule has 1 aromatic carbocycles. The van der Waals surface area contributed by atoms with Crippen LogP contribution in [0.2, 0.25) is 0 Å². The van der Waals surface area contributed by atoms with Gasteiger partial charge in [-0.25, -0.2) is 0 Å². The lowest BCUT2D eigenvalue weighted by atomic mass is 10.1. The van der Waals surface area contributed by atoms with E-state index in [2.05, 4.69) is 39.0 Å². The number of aryl methyl sites for hydroxylation is 2. The maximum atomic E-state index is 12.0. The fourth-order valence-corrected chi connectivity index (χ4v) is 3.39. The van der Waals surface area contributed by atoms with Gasteiger partial charge >= 0.3 is 0 Å². The minimum absolute atomic E-state index is 0.0757. The van der Waals surface area contributed by atoms with Crippen molar-refractivity contribution in [3.05, 3.63) is 34.9 Å². The van der Waals surface area contributed by atoms with E-state index in [9.17, 15) is 4.21 Å². The molecule has 0 aliphatic rings. The molecule has 0 amide bonds. The van der Waals surface area contributed by atoms with Crippen molar-refractivity contribution >= 4 is 10.8 Å². The molecule has 0 aliphatic heterocycles. The summed E-state index contributed by atoms with van der Waals surface area (Å²) in [5.41, 5.74) is 9.53. The van der Waals surface area contributed by atoms with Crippen molar-refractivity contribution in [1.29, 1.82) is 0 Å². The molecule has 0 spiro atoms. The van der Waals surface area contributed by atoms with Gasteiger partial charge in [0.15, 0.2) is 0 Å². The quantitative estimate of drug-likeness (QED) is 0.847. The third-order valence-electron chi connectivity index (χ3n) is 2.67. The van der Waals surface area contributed by atoms with E-state index >= 15 is 0 Å². The molecule has 0 fully saturated rings. The molecule has 0 aliphatic carbocycles. The summed E-state index contributed by atoms with van der Waals surface area (Å²) >= 11 is 0. The summed E-state index contributed by atoms with van der Waals surface area (Å²) in [6.45, 7) is 6.25. The normalized spacial score (nSPS) is 14.6. The second-order valence-corrected chi connectivity index (χ2v) is 6.30. The second kappa shape index (κ2) is 6.92. The maximum absolute atomic E-state index is 12.0. The molecule has 3 heteroatoms. The fraction of sp³-hybridized carbons (Fsp3) is 0.571. The average molecular weight is 253 g/mol. The third-order valence-corrected chi connectivity index (χ3v) is 4.12. The SMILES string of the molecule is CCCC(N)CS(=O)Cc1cc(C)cc(C)c1. The van der Waals surface area contributed by atoms with E-state index in [0.717, 1.165) is 18.4 Å². The topological polar surface area (TPSA) is 43.1 Å². The summed E-state index contributed by atoms with van der Waals surface area (Å²) in [5, 5.41) is 0. The van der Waals surface area contributed by atoms with Crippen LogP contribution >= 0.6 is 0 Å². The van der Waals surface area contributed by atoms with E-state index in [-0.39, 0.29) is 6.04 Å². The van der Waals surface area contributed by atoms with Gasteiger partial charge in [0.1, 0.15) is 0 Å². The first-order chi connectivity index (χ1) is 8.01. The Balaban J connectivity index is 2.56. The first-order valence-corrected chi connectivity index (χ1v) is 7.67.